The van der Waals surface area contributed by atoms with E-state index in [1.54, 1.807) is 6.92 Å². The molecule has 0 amide bonds. The van der Waals surface area contributed by atoms with Crippen molar-refractivity contribution in [2.45, 2.75) is 17.9 Å². The van der Waals surface area contributed by atoms with Gasteiger partial charge in [0, 0.05) is 7.05 Å². The first kappa shape index (κ1) is 10.6. The van der Waals surface area contributed by atoms with Crippen molar-refractivity contribution in [3.05, 3.63) is 17.5 Å². The highest BCUT2D eigenvalue weighted by Gasteiger charge is 2.34. The van der Waals surface area contributed by atoms with Crippen LogP contribution in [-0.4, -0.2) is 9.78 Å². The van der Waals surface area contributed by atoms with Gasteiger partial charge in [0.15, 0.2) is 5.69 Å². The van der Waals surface area contributed by atoms with Crippen molar-refractivity contribution >= 4 is 15.9 Å². The fourth-order valence-corrected chi connectivity index (χ4v) is 1.42. The van der Waals surface area contributed by atoms with Crippen LogP contribution in [0.1, 0.15) is 23.1 Å². The number of halogens is 4. The van der Waals surface area contributed by atoms with E-state index in [-0.39, 0.29) is 4.83 Å². The van der Waals surface area contributed by atoms with Crippen LogP contribution in [0.2, 0.25) is 0 Å². The standard InChI is InChI=1S/C7H8BrF3N2/c1-4(8)5-3-6(7(9,10)11)12-13(5)2/h3-4H,1-2H3/t4-/m0/s1. The van der Waals surface area contributed by atoms with Crippen molar-refractivity contribution in [3.63, 3.8) is 0 Å². The lowest BCUT2D eigenvalue weighted by Gasteiger charge is -2.01. The van der Waals surface area contributed by atoms with Gasteiger partial charge in [-0.05, 0) is 13.0 Å². The number of aryl methyl sites for hydroxylation is 1. The summed E-state index contributed by atoms with van der Waals surface area (Å²) in [4.78, 5) is -0.138. The topological polar surface area (TPSA) is 17.8 Å². The molecule has 74 valence electrons. The molecule has 0 saturated carbocycles. The summed E-state index contributed by atoms with van der Waals surface area (Å²) in [6, 6.07) is 1.04. The molecule has 0 aliphatic carbocycles. The van der Waals surface area contributed by atoms with E-state index in [1.807, 2.05) is 0 Å². The maximum Gasteiger partial charge on any atom is 0.435 e. The van der Waals surface area contributed by atoms with E-state index < -0.39 is 11.9 Å². The predicted molar refractivity (Wildman–Crippen MR) is 45.6 cm³/mol. The predicted octanol–water partition coefficient (Wildman–Crippen LogP) is 2.89. The van der Waals surface area contributed by atoms with Crippen LogP contribution < -0.4 is 0 Å². The molecule has 1 aromatic rings. The van der Waals surface area contributed by atoms with Crippen LogP contribution in [0.3, 0.4) is 0 Å². The number of nitrogens with zero attached hydrogens (tertiary/aromatic N) is 2. The maximum atomic E-state index is 12.2. The van der Waals surface area contributed by atoms with Gasteiger partial charge in [0.2, 0.25) is 0 Å². The Kier molecular flexibility index (Phi) is 2.70. The Labute approximate surface area is 81.9 Å². The van der Waals surface area contributed by atoms with Crippen molar-refractivity contribution < 1.29 is 13.2 Å². The highest BCUT2D eigenvalue weighted by Crippen LogP contribution is 2.31. The molecule has 1 atom stereocenters. The molecule has 0 bridgehead atoms. The molecule has 0 aromatic carbocycles. The second kappa shape index (κ2) is 3.32. The number of aromatic nitrogens is 2. The Hall–Kier alpha value is -0.520. The lowest BCUT2D eigenvalue weighted by Crippen LogP contribution is -2.06. The molecule has 2 nitrogen and oxygen atoms in total. The van der Waals surface area contributed by atoms with Gasteiger partial charge in [-0.2, -0.15) is 18.3 Å². The third-order valence-electron chi connectivity index (χ3n) is 1.61. The number of alkyl halides is 4. The zero-order chi connectivity index (χ0) is 10.2. The minimum Gasteiger partial charge on any atom is -0.271 e. The zero-order valence-electron chi connectivity index (χ0n) is 7.06. The summed E-state index contributed by atoms with van der Waals surface area (Å²) in [5, 5.41) is 3.36. The van der Waals surface area contributed by atoms with Crippen LogP contribution in [0.25, 0.3) is 0 Å². The molecule has 0 aliphatic heterocycles. The molecule has 0 N–H and O–H groups in total. The van der Waals surface area contributed by atoms with Crippen molar-refractivity contribution in [1.29, 1.82) is 0 Å². The molecule has 1 rings (SSSR count). The number of hydrogen-bond acceptors (Lipinski definition) is 1. The van der Waals surface area contributed by atoms with Crippen LogP contribution in [0.4, 0.5) is 13.2 Å². The van der Waals surface area contributed by atoms with Crippen LogP contribution in [0.15, 0.2) is 6.07 Å². The third-order valence-corrected chi connectivity index (χ3v) is 2.08. The first-order chi connectivity index (χ1) is 5.82. The van der Waals surface area contributed by atoms with E-state index >= 15 is 0 Å². The lowest BCUT2D eigenvalue weighted by atomic mass is 10.3. The van der Waals surface area contributed by atoms with Gasteiger partial charge in [0.05, 0.1) is 10.5 Å². The van der Waals surface area contributed by atoms with E-state index in [9.17, 15) is 13.2 Å². The van der Waals surface area contributed by atoms with Crippen molar-refractivity contribution in [2.75, 3.05) is 0 Å². The normalized spacial score (nSPS) is 14.6. The smallest absolute Gasteiger partial charge is 0.271 e. The zero-order valence-corrected chi connectivity index (χ0v) is 8.65. The van der Waals surface area contributed by atoms with Gasteiger partial charge in [0.1, 0.15) is 0 Å². The summed E-state index contributed by atoms with van der Waals surface area (Å²) in [6.07, 6.45) is -4.36. The number of rotatable bonds is 1. The molecular formula is C7H8BrF3N2. The molecule has 6 heteroatoms. The van der Waals surface area contributed by atoms with Crippen LogP contribution in [0, 0.1) is 0 Å². The van der Waals surface area contributed by atoms with E-state index in [2.05, 4.69) is 21.0 Å². The molecule has 0 saturated heterocycles. The van der Waals surface area contributed by atoms with Gasteiger partial charge in [-0.1, -0.05) is 15.9 Å². The third kappa shape index (κ3) is 2.24. The van der Waals surface area contributed by atoms with Gasteiger partial charge < -0.3 is 0 Å². The Bertz CT molecular complexity index is 303. The fourth-order valence-electron chi connectivity index (χ4n) is 0.993. The summed E-state index contributed by atoms with van der Waals surface area (Å²) in [6.45, 7) is 1.75. The minimum absolute atomic E-state index is 0.138. The maximum absolute atomic E-state index is 12.2. The Morgan fingerprint density at radius 1 is 1.54 bits per heavy atom. The van der Waals surface area contributed by atoms with Gasteiger partial charge >= 0.3 is 6.18 Å². The molecule has 0 spiro atoms. The van der Waals surface area contributed by atoms with Gasteiger partial charge in [-0.3, -0.25) is 4.68 Å². The van der Waals surface area contributed by atoms with Crippen LogP contribution >= 0.6 is 15.9 Å². The molecular weight excluding hydrogens is 249 g/mol. The highest BCUT2D eigenvalue weighted by molar-refractivity contribution is 9.09. The monoisotopic (exact) mass is 256 g/mol. The molecule has 0 fully saturated rings. The summed E-state index contributed by atoms with van der Waals surface area (Å²) in [7, 11) is 1.49. The lowest BCUT2D eigenvalue weighted by molar-refractivity contribution is -0.141. The van der Waals surface area contributed by atoms with E-state index in [0.717, 1.165) is 6.07 Å². The van der Waals surface area contributed by atoms with Crippen molar-refractivity contribution in [1.82, 2.24) is 9.78 Å². The average molecular weight is 257 g/mol. The van der Waals surface area contributed by atoms with Crippen LogP contribution in [-0.2, 0) is 13.2 Å². The van der Waals surface area contributed by atoms with E-state index in [0.29, 0.717) is 5.69 Å². The molecule has 1 aromatic heterocycles. The Morgan fingerprint density at radius 3 is 2.31 bits per heavy atom. The average Bonchev–Trinajstić information content (AvgIpc) is 2.29. The quantitative estimate of drug-likeness (QED) is 0.707. The Balaban J connectivity index is 3.10. The second-order valence-electron chi connectivity index (χ2n) is 2.69. The molecule has 13 heavy (non-hydrogen) atoms. The molecule has 0 unspecified atom stereocenters. The first-order valence-corrected chi connectivity index (χ1v) is 4.49. The number of hydrogen-bond donors (Lipinski definition) is 0. The fraction of sp³-hybridized carbons (Fsp3) is 0.571. The van der Waals surface area contributed by atoms with E-state index in [1.165, 1.54) is 11.7 Å². The van der Waals surface area contributed by atoms with Gasteiger partial charge in [-0.15, -0.1) is 0 Å². The second-order valence-corrected chi connectivity index (χ2v) is 4.07. The molecule has 0 aliphatic rings. The highest BCUT2D eigenvalue weighted by atomic mass is 79.9. The van der Waals surface area contributed by atoms with Gasteiger partial charge in [0.25, 0.3) is 0 Å². The summed E-state index contributed by atoms with van der Waals surface area (Å²) in [5.74, 6) is 0. The SMILES string of the molecule is C[C@H](Br)c1cc(C(F)(F)F)nn1C. The minimum atomic E-state index is -4.36. The summed E-state index contributed by atoms with van der Waals surface area (Å²) in [5.41, 5.74) is -0.344. The first-order valence-electron chi connectivity index (χ1n) is 3.57. The summed E-state index contributed by atoms with van der Waals surface area (Å²) >= 11 is 3.19. The Morgan fingerprint density at radius 2 is 2.08 bits per heavy atom. The summed E-state index contributed by atoms with van der Waals surface area (Å²) < 4.78 is 37.7. The largest absolute Gasteiger partial charge is 0.435 e. The van der Waals surface area contributed by atoms with Gasteiger partial charge in [-0.25, -0.2) is 0 Å². The molecule has 1 heterocycles. The van der Waals surface area contributed by atoms with Crippen LogP contribution in [0.5, 0.6) is 0 Å². The molecule has 0 radical (unpaired) electrons. The van der Waals surface area contributed by atoms with Crippen molar-refractivity contribution in [2.24, 2.45) is 7.05 Å². The van der Waals surface area contributed by atoms with Crippen molar-refractivity contribution in [3.8, 4) is 0 Å². The van der Waals surface area contributed by atoms with E-state index in [4.69, 9.17) is 0 Å².